The van der Waals surface area contributed by atoms with Gasteiger partial charge in [0.15, 0.2) is 0 Å². The third-order valence-electron chi connectivity index (χ3n) is 2.70. The number of rotatable bonds is 5. The summed E-state index contributed by atoms with van der Waals surface area (Å²) < 4.78 is 14.3. The average molecular weight is 302 g/mol. The van der Waals surface area contributed by atoms with Gasteiger partial charge >= 0.3 is 0 Å². The number of nitrogens with one attached hydrogen (secondary N) is 1. The second kappa shape index (κ2) is 6.12. The van der Waals surface area contributed by atoms with Crippen LogP contribution in [0.2, 0.25) is 0 Å². The quantitative estimate of drug-likeness (QED) is 0.649. The van der Waals surface area contributed by atoms with Gasteiger partial charge < -0.3 is 5.73 Å². The van der Waals surface area contributed by atoms with Gasteiger partial charge in [0.2, 0.25) is 0 Å². The molecule has 3 nitrogen and oxygen atoms in total. The summed E-state index contributed by atoms with van der Waals surface area (Å²) in [5.74, 6) is -0.0677. The lowest BCUT2D eigenvalue weighted by Crippen LogP contribution is -2.32. The first-order chi connectivity index (χ1) is 7.90. The summed E-state index contributed by atoms with van der Waals surface area (Å²) in [5.41, 5.74) is 6.00. The maximum atomic E-state index is 13.6. The molecule has 0 saturated heterocycles. The summed E-state index contributed by atoms with van der Waals surface area (Å²) in [6.45, 7) is 2.48. The summed E-state index contributed by atoms with van der Waals surface area (Å²) in [6.07, 6.45) is 0.495. The first kappa shape index (κ1) is 14.1. The topological polar surface area (TPSA) is 53.1 Å². The van der Waals surface area contributed by atoms with E-state index in [1.54, 1.807) is 6.07 Å². The second-order valence-corrected chi connectivity index (χ2v) is 5.14. The first-order valence-corrected chi connectivity index (χ1v) is 6.16. The zero-order valence-corrected chi connectivity index (χ0v) is 11.6. The largest absolute Gasteiger partial charge is 0.388 e. The molecule has 3 N–H and O–H groups in total. The fraction of sp³-hybridized carbons (Fsp3) is 0.417. The van der Waals surface area contributed by atoms with E-state index in [2.05, 4.69) is 15.9 Å². The predicted molar refractivity (Wildman–Crippen MR) is 71.6 cm³/mol. The van der Waals surface area contributed by atoms with Crippen LogP contribution in [0.5, 0.6) is 0 Å². The monoisotopic (exact) mass is 301 g/mol. The van der Waals surface area contributed by atoms with Gasteiger partial charge in [-0.2, -0.15) is 0 Å². The lowest BCUT2D eigenvalue weighted by Gasteiger charge is -2.24. The van der Waals surface area contributed by atoms with E-state index < -0.39 is 0 Å². The van der Waals surface area contributed by atoms with Crippen LogP contribution in [0.25, 0.3) is 0 Å². The molecule has 0 aliphatic rings. The Morgan fingerprint density at radius 1 is 1.59 bits per heavy atom. The van der Waals surface area contributed by atoms with Crippen LogP contribution in [0.3, 0.4) is 0 Å². The zero-order valence-electron chi connectivity index (χ0n) is 10.0. The molecular formula is C12H17BrFN3. The van der Waals surface area contributed by atoms with Crippen LogP contribution in [0, 0.1) is 11.2 Å². The van der Waals surface area contributed by atoms with Crippen molar-refractivity contribution >= 4 is 21.8 Å². The first-order valence-electron chi connectivity index (χ1n) is 5.37. The summed E-state index contributed by atoms with van der Waals surface area (Å²) >= 11 is 3.23. The molecule has 0 heterocycles. The van der Waals surface area contributed by atoms with Crippen LogP contribution in [0.4, 0.5) is 4.39 Å². The van der Waals surface area contributed by atoms with E-state index in [1.165, 1.54) is 6.07 Å². The molecule has 0 saturated carbocycles. The molecule has 0 bridgehead atoms. The molecule has 1 rings (SSSR count). The molecule has 94 valence electrons. The van der Waals surface area contributed by atoms with Gasteiger partial charge in [0.1, 0.15) is 5.82 Å². The third kappa shape index (κ3) is 4.44. The van der Waals surface area contributed by atoms with Gasteiger partial charge in [0.05, 0.1) is 5.84 Å². The fourth-order valence-corrected chi connectivity index (χ4v) is 1.88. The number of amidine groups is 1. The minimum Gasteiger partial charge on any atom is -0.388 e. The van der Waals surface area contributed by atoms with Crippen LogP contribution in [-0.2, 0) is 6.54 Å². The van der Waals surface area contributed by atoms with E-state index in [1.807, 2.05) is 24.9 Å². The summed E-state index contributed by atoms with van der Waals surface area (Å²) in [6, 6.07) is 5.16. The van der Waals surface area contributed by atoms with Gasteiger partial charge in [-0.25, -0.2) is 4.39 Å². The van der Waals surface area contributed by atoms with E-state index in [4.69, 9.17) is 11.1 Å². The Labute approximate surface area is 109 Å². The highest BCUT2D eigenvalue weighted by Gasteiger charge is 2.12. The Morgan fingerprint density at radius 2 is 2.24 bits per heavy atom. The molecule has 0 aliphatic carbocycles. The molecule has 0 aromatic heterocycles. The number of nitrogens with zero attached hydrogens (tertiary/aromatic N) is 1. The number of benzene rings is 1. The maximum Gasteiger partial charge on any atom is 0.128 e. The normalized spacial score (nSPS) is 12.8. The lowest BCUT2D eigenvalue weighted by molar-refractivity contribution is 0.251. The fourth-order valence-electron chi connectivity index (χ4n) is 1.55. The molecule has 1 atom stereocenters. The molecule has 0 fully saturated rings. The van der Waals surface area contributed by atoms with E-state index in [-0.39, 0.29) is 17.7 Å². The molecule has 1 unspecified atom stereocenters. The van der Waals surface area contributed by atoms with Gasteiger partial charge in [-0.15, -0.1) is 0 Å². The molecule has 0 radical (unpaired) electrons. The Hall–Kier alpha value is -0.940. The van der Waals surface area contributed by atoms with Crippen LogP contribution in [0.15, 0.2) is 22.7 Å². The molecule has 0 aliphatic heterocycles. The van der Waals surface area contributed by atoms with Crippen molar-refractivity contribution in [2.45, 2.75) is 25.9 Å². The minimum atomic E-state index is -0.221. The summed E-state index contributed by atoms with van der Waals surface area (Å²) in [4.78, 5) is 1.98. The molecule has 0 amide bonds. The van der Waals surface area contributed by atoms with E-state index in [9.17, 15) is 4.39 Å². The second-order valence-electron chi connectivity index (χ2n) is 4.23. The van der Waals surface area contributed by atoms with E-state index in [0.29, 0.717) is 18.5 Å². The highest BCUT2D eigenvalue weighted by molar-refractivity contribution is 9.10. The predicted octanol–water partition coefficient (Wildman–Crippen LogP) is 2.73. The van der Waals surface area contributed by atoms with Crippen molar-refractivity contribution < 1.29 is 4.39 Å². The Balaban J connectivity index is 2.67. The van der Waals surface area contributed by atoms with Gasteiger partial charge in [-0.3, -0.25) is 10.3 Å². The zero-order chi connectivity index (χ0) is 13.0. The Kier molecular flexibility index (Phi) is 5.08. The lowest BCUT2D eigenvalue weighted by atomic mass is 10.1. The molecule has 1 aromatic carbocycles. The van der Waals surface area contributed by atoms with Gasteiger partial charge in [-0.1, -0.05) is 22.0 Å². The average Bonchev–Trinajstić information content (AvgIpc) is 2.21. The van der Waals surface area contributed by atoms with Crippen molar-refractivity contribution in [3.63, 3.8) is 0 Å². The SMILES string of the molecule is CC(CC(=N)N)N(C)Cc1ccc(Br)cc1F. The molecule has 1 aromatic rings. The van der Waals surface area contributed by atoms with Crippen molar-refractivity contribution in [2.24, 2.45) is 5.73 Å². The van der Waals surface area contributed by atoms with Crippen molar-refractivity contribution in [1.29, 1.82) is 5.41 Å². The van der Waals surface area contributed by atoms with Crippen LogP contribution in [0.1, 0.15) is 18.9 Å². The Morgan fingerprint density at radius 3 is 2.76 bits per heavy atom. The van der Waals surface area contributed by atoms with Crippen molar-refractivity contribution in [2.75, 3.05) is 7.05 Å². The van der Waals surface area contributed by atoms with Crippen LogP contribution < -0.4 is 5.73 Å². The van der Waals surface area contributed by atoms with Crippen molar-refractivity contribution in [3.8, 4) is 0 Å². The van der Waals surface area contributed by atoms with Gasteiger partial charge in [-0.05, 0) is 26.1 Å². The summed E-state index contributed by atoms with van der Waals surface area (Å²) in [7, 11) is 1.90. The minimum absolute atomic E-state index is 0.121. The standard InChI is InChI=1S/C12H17BrFN3/c1-8(5-12(15)16)17(2)7-9-3-4-10(13)6-11(9)14/h3-4,6,8H,5,7H2,1-2H3,(H3,15,16). The highest BCUT2D eigenvalue weighted by Crippen LogP contribution is 2.17. The molecular weight excluding hydrogens is 285 g/mol. The number of nitrogens with two attached hydrogens (primary N) is 1. The van der Waals surface area contributed by atoms with Crippen LogP contribution in [-0.4, -0.2) is 23.8 Å². The van der Waals surface area contributed by atoms with Crippen LogP contribution >= 0.6 is 15.9 Å². The molecule has 17 heavy (non-hydrogen) atoms. The smallest absolute Gasteiger partial charge is 0.128 e. The molecule has 5 heteroatoms. The number of hydrogen-bond acceptors (Lipinski definition) is 2. The van der Waals surface area contributed by atoms with E-state index in [0.717, 1.165) is 4.47 Å². The van der Waals surface area contributed by atoms with Gasteiger partial charge in [0.25, 0.3) is 0 Å². The Bertz CT molecular complexity index is 409. The maximum absolute atomic E-state index is 13.6. The van der Waals surface area contributed by atoms with E-state index >= 15 is 0 Å². The van der Waals surface area contributed by atoms with Crippen molar-refractivity contribution in [3.05, 3.63) is 34.1 Å². The highest BCUT2D eigenvalue weighted by atomic mass is 79.9. The number of halogens is 2. The number of hydrogen-bond donors (Lipinski definition) is 2. The third-order valence-corrected chi connectivity index (χ3v) is 3.20. The van der Waals surface area contributed by atoms with Gasteiger partial charge in [0, 0.05) is 29.0 Å². The summed E-state index contributed by atoms with van der Waals surface area (Å²) in [5, 5.41) is 7.24. The molecule has 0 spiro atoms. The van der Waals surface area contributed by atoms with Crippen molar-refractivity contribution in [1.82, 2.24) is 4.90 Å².